The normalized spacial score (nSPS) is 12.6. The number of phenols is 1. The van der Waals surface area contributed by atoms with Crippen molar-refractivity contribution in [1.29, 1.82) is 0 Å². The molecule has 0 bridgehead atoms. The minimum absolute atomic E-state index is 0.201. The van der Waals surface area contributed by atoms with E-state index in [2.05, 4.69) is 12.6 Å². The van der Waals surface area contributed by atoms with E-state index < -0.39 is 9.89 Å². The van der Waals surface area contributed by atoms with Gasteiger partial charge in [-0.2, -0.15) is 0 Å². The molecule has 1 amide bonds. The Morgan fingerprint density at radius 3 is 2.05 bits per heavy atom. The van der Waals surface area contributed by atoms with Gasteiger partial charge in [-0.05, 0) is 62.8 Å². The van der Waals surface area contributed by atoms with Crippen molar-refractivity contribution < 1.29 is 14.6 Å². The number of allylic oxidation sites excluding steroid dienone is 1. The van der Waals surface area contributed by atoms with Crippen LogP contribution in [0.15, 0.2) is 35.4 Å². The van der Waals surface area contributed by atoms with E-state index in [-0.39, 0.29) is 12.4 Å². The van der Waals surface area contributed by atoms with Gasteiger partial charge in [0.2, 0.25) is 3.79 Å². The number of hydrogen-bond acceptors (Lipinski definition) is 6. The maximum atomic E-state index is 11.4. The molecule has 1 aliphatic heterocycles. The number of aromatic hydroxyl groups is 1. The molecule has 0 atom stereocenters. The first-order valence-electron chi connectivity index (χ1n) is 13.6. The van der Waals surface area contributed by atoms with Gasteiger partial charge in [0, 0.05) is 37.1 Å². The van der Waals surface area contributed by atoms with E-state index in [1.54, 1.807) is 11.0 Å². The molecule has 0 aliphatic carbocycles. The predicted octanol–water partition coefficient (Wildman–Crippen LogP) is 9.57. The lowest BCUT2D eigenvalue weighted by atomic mass is 10.1. The van der Waals surface area contributed by atoms with Gasteiger partial charge < -0.3 is 25.4 Å². The van der Waals surface area contributed by atoms with Crippen LogP contribution in [0.4, 0.5) is 10.5 Å². The number of benzene rings is 1. The van der Waals surface area contributed by atoms with Crippen molar-refractivity contribution in [2.75, 3.05) is 37.5 Å². The Balaban J connectivity index is -0.000000573. The lowest BCUT2D eigenvalue weighted by Crippen LogP contribution is -2.37. The molecule has 3 N–H and O–H groups in total. The summed E-state index contributed by atoms with van der Waals surface area (Å²) >= 11 is 17.9. The van der Waals surface area contributed by atoms with Crippen LogP contribution in [0.1, 0.15) is 78.9 Å². The SMILES string of the molecule is C=C(C)/C(=C\N(C)c1c(C)cc(C)cc1O)SCN.CC.CC.CC.O=C(OCC(Cl)(Cl)Cl)N1CCCCC1. The van der Waals surface area contributed by atoms with Crippen molar-refractivity contribution in [2.45, 2.75) is 85.4 Å². The third-order valence-corrected chi connectivity index (χ3v) is 5.98. The summed E-state index contributed by atoms with van der Waals surface area (Å²) in [6.45, 7) is 23.1. The highest BCUT2D eigenvalue weighted by Crippen LogP contribution is 2.33. The fourth-order valence-electron chi connectivity index (χ4n) is 3.31. The van der Waals surface area contributed by atoms with E-state index in [9.17, 15) is 9.90 Å². The number of nitrogens with two attached hydrogens (primary N) is 1. The largest absolute Gasteiger partial charge is 0.506 e. The second-order valence-electron chi connectivity index (χ2n) is 7.86. The number of ether oxygens (including phenoxy) is 1. The molecule has 1 heterocycles. The fraction of sp³-hybridized carbons (Fsp3) is 0.621. The van der Waals surface area contributed by atoms with Gasteiger partial charge in [0.05, 0.1) is 5.69 Å². The van der Waals surface area contributed by atoms with Crippen molar-refractivity contribution in [2.24, 2.45) is 5.73 Å². The second kappa shape index (κ2) is 24.5. The molecule has 2 rings (SSSR count). The van der Waals surface area contributed by atoms with Gasteiger partial charge in [0.25, 0.3) is 0 Å². The molecule has 10 heteroatoms. The number of piperidine rings is 1. The van der Waals surface area contributed by atoms with Crippen LogP contribution in [-0.2, 0) is 4.74 Å². The van der Waals surface area contributed by atoms with Crippen molar-refractivity contribution in [1.82, 2.24) is 4.90 Å². The molecule has 1 aromatic carbocycles. The zero-order valence-corrected chi connectivity index (χ0v) is 28.8. The van der Waals surface area contributed by atoms with Gasteiger partial charge in [0.1, 0.15) is 12.4 Å². The van der Waals surface area contributed by atoms with Gasteiger partial charge >= 0.3 is 6.09 Å². The molecule has 1 aliphatic rings. The Morgan fingerprint density at radius 1 is 1.13 bits per heavy atom. The summed E-state index contributed by atoms with van der Waals surface area (Å²) in [4.78, 5) is 15.9. The fourth-order valence-corrected chi connectivity index (χ4v) is 4.13. The standard InChI is InChI=1S/C15H22N2OS.C8H12Cl3NO2.3C2H6/c1-10(2)14(19-9-16)8-17(5)15-12(4)6-11(3)7-13(15)18;9-8(10,11)6-14-7(13)12-4-2-1-3-5-12;3*1-2/h6-8,18H,1,9,16H2,2-5H3;1-6H2;3*1-2H3/b14-8+;;;;. The number of rotatable bonds is 6. The highest BCUT2D eigenvalue weighted by molar-refractivity contribution is 8.03. The van der Waals surface area contributed by atoms with Crippen LogP contribution in [0.3, 0.4) is 0 Å². The molecule has 0 spiro atoms. The van der Waals surface area contributed by atoms with Crippen molar-refractivity contribution in [3.05, 3.63) is 46.5 Å². The number of thioether (sulfide) groups is 1. The number of amides is 1. The monoisotopic (exact) mass is 627 g/mol. The predicted molar refractivity (Wildman–Crippen MR) is 177 cm³/mol. The average molecular weight is 629 g/mol. The highest BCUT2D eigenvalue weighted by Gasteiger charge is 2.25. The minimum Gasteiger partial charge on any atom is -0.506 e. The number of carbonyl (C=O) groups excluding carboxylic acids is 1. The number of aryl methyl sites for hydroxylation is 2. The first kappa shape index (κ1) is 42.2. The number of alkyl halides is 3. The third-order valence-electron chi connectivity index (χ3n) is 4.72. The van der Waals surface area contributed by atoms with Crippen LogP contribution in [0.25, 0.3) is 0 Å². The summed E-state index contributed by atoms with van der Waals surface area (Å²) in [5.74, 6) is 0.792. The number of hydrogen-bond donors (Lipinski definition) is 2. The maximum Gasteiger partial charge on any atom is 0.409 e. The lowest BCUT2D eigenvalue weighted by molar-refractivity contribution is 0.0968. The summed E-state index contributed by atoms with van der Waals surface area (Å²) in [5, 5.41) is 10.1. The van der Waals surface area contributed by atoms with Crippen LogP contribution in [0.5, 0.6) is 5.75 Å². The van der Waals surface area contributed by atoms with Crippen molar-refractivity contribution in [3.63, 3.8) is 0 Å². The molecular formula is C29H52Cl3N3O3S. The van der Waals surface area contributed by atoms with Crippen LogP contribution in [0, 0.1) is 13.8 Å². The van der Waals surface area contributed by atoms with Gasteiger partial charge in [-0.3, -0.25) is 0 Å². The number of anilines is 1. The maximum absolute atomic E-state index is 11.4. The number of nitrogens with zero attached hydrogens (tertiary/aromatic N) is 2. The molecule has 0 aromatic heterocycles. The Kier molecular flexibility index (Phi) is 26.6. The smallest absolute Gasteiger partial charge is 0.409 e. The summed E-state index contributed by atoms with van der Waals surface area (Å²) in [7, 11) is 1.91. The molecular weight excluding hydrogens is 577 g/mol. The average Bonchev–Trinajstić information content (AvgIpc) is 2.90. The number of carbonyl (C=O) groups is 1. The Bertz CT molecular complexity index is 818. The Labute approximate surface area is 257 Å². The van der Waals surface area contributed by atoms with E-state index >= 15 is 0 Å². The molecule has 0 saturated carbocycles. The van der Waals surface area contributed by atoms with Crippen LogP contribution in [0.2, 0.25) is 0 Å². The number of phenolic OH excluding ortho intramolecular Hbond substituents is 1. The van der Waals surface area contributed by atoms with Crippen LogP contribution >= 0.6 is 46.6 Å². The first-order chi connectivity index (χ1) is 18.4. The number of halogens is 3. The van der Waals surface area contributed by atoms with Gasteiger partial charge in [-0.25, -0.2) is 4.79 Å². The second-order valence-corrected chi connectivity index (χ2v) is 11.4. The molecule has 39 heavy (non-hydrogen) atoms. The Hall–Kier alpha value is -1.25. The Morgan fingerprint density at radius 2 is 1.64 bits per heavy atom. The molecule has 0 unspecified atom stereocenters. The first-order valence-corrected chi connectivity index (χ1v) is 15.7. The zero-order chi connectivity index (χ0) is 31.2. The topological polar surface area (TPSA) is 79.0 Å². The van der Waals surface area contributed by atoms with E-state index in [0.29, 0.717) is 5.88 Å². The quantitative estimate of drug-likeness (QED) is 0.186. The summed E-state index contributed by atoms with van der Waals surface area (Å²) in [6, 6.07) is 3.82. The number of likely N-dealkylation sites (tertiary alicyclic amines) is 1. The van der Waals surface area contributed by atoms with Gasteiger partial charge in [-0.15, -0.1) is 11.8 Å². The van der Waals surface area contributed by atoms with Crippen LogP contribution < -0.4 is 10.6 Å². The zero-order valence-electron chi connectivity index (χ0n) is 25.7. The van der Waals surface area contributed by atoms with E-state index in [4.69, 9.17) is 45.3 Å². The van der Waals surface area contributed by atoms with Gasteiger partial charge in [0.15, 0.2) is 0 Å². The van der Waals surface area contributed by atoms with Crippen LogP contribution in [-0.4, -0.2) is 52.5 Å². The van der Waals surface area contributed by atoms with Crippen molar-refractivity contribution in [3.8, 4) is 5.75 Å². The molecule has 0 radical (unpaired) electrons. The van der Waals surface area contributed by atoms with Gasteiger partial charge in [-0.1, -0.05) is 89.0 Å². The van der Waals surface area contributed by atoms with E-state index in [1.165, 1.54) is 11.8 Å². The third kappa shape index (κ3) is 19.5. The van der Waals surface area contributed by atoms with E-state index in [1.807, 2.05) is 80.5 Å². The molecule has 228 valence electrons. The minimum atomic E-state index is -1.52. The molecule has 1 saturated heterocycles. The van der Waals surface area contributed by atoms with E-state index in [0.717, 1.165) is 59.6 Å². The summed E-state index contributed by atoms with van der Waals surface area (Å²) < 4.78 is 3.31. The molecule has 1 aromatic rings. The molecule has 6 nitrogen and oxygen atoms in total. The summed E-state index contributed by atoms with van der Waals surface area (Å²) in [6.07, 6.45) is 4.76. The lowest BCUT2D eigenvalue weighted by Gasteiger charge is -2.26. The van der Waals surface area contributed by atoms with Crippen molar-refractivity contribution >= 4 is 58.3 Å². The summed E-state index contributed by atoms with van der Waals surface area (Å²) in [5.41, 5.74) is 9.43. The molecule has 1 fully saturated rings. The highest BCUT2D eigenvalue weighted by atomic mass is 35.6.